The summed E-state index contributed by atoms with van der Waals surface area (Å²) >= 11 is 0. The van der Waals surface area contributed by atoms with Crippen LogP contribution in [0.2, 0.25) is 0 Å². The van der Waals surface area contributed by atoms with Crippen molar-refractivity contribution in [2.45, 2.75) is 18.9 Å². The Morgan fingerprint density at radius 3 is 3.10 bits per heavy atom. The van der Waals surface area contributed by atoms with Gasteiger partial charge in [0.2, 0.25) is 5.91 Å². The Bertz CT molecular complexity index is 655. The fourth-order valence-electron chi connectivity index (χ4n) is 2.89. The number of nitrogens with zero attached hydrogens (tertiary/aromatic N) is 2. The molecule has 104 valence electrons. The quantitative estimate of drug-likeness (QED) is 0.812. The van der Waals surface area contributed by atoms with E-state index in [9.17, 15) is 4.79 Å². The molecule has 1 amide bonds. The van der Waals surface area contributed by atoms with Gasteiger partial charge in [-0.15, -0.1) is 0 Å². The first kappa shape index (κ1) is 12.7. The molecule has 3 rings (SSSR count). The molecule has 1 aromatic heterocycles. The van der Waals surface area contributed by atoms with Gasteiger partial charge in [-0.05, 0) is 37.1 Å². The van der Waals surface area contributed by atoms with E-state index in [1.165, 1.54) is 0 Å². The number of fused-ring (bicyclic) bond motifs is 1. The first-order valence-electron chi connectivity index (χ1n) is 6.83. The summed E-state index contributed by atoms with van der Waals surface area (Å²) in [5.74, 6) is 0.0721. The Morgan fingerprint density at radius 2 is 2.30 bits per heavy atom. The number of pyridine rings is 1. The molecular formula is C15H18N4O. The molecule has 1 fully saturated rings. The van der Waals surface area contributed by atoms with Gasteiger partial charge >= 0.3 is 0 Å². The number of anilines is 2. The topological polar surface area (TPSA) is 71.2 Å². The second-order valence-electron chi connectivity index (χ2n) is 5.07. The van der Waals surface area contributed by atoms with Gasteiger partial charge in [0, 0.05) is 36.6 Å². The summed E-state index contributed by atoms with van der Waals surface area (Å²) in [6.07, 6.45) is 3.69. The number of nitrogen functional groups attached to an aromatic ring is 1. The summed E-state index contributed by atoms with van der Waals surface area (Å²) in [6, 6.07) is 7.59. The van der Waals surface area contributed by atoms with Gasteiger partial charge in [0.1, 0.15) is 6.04 Å². The highest BCUT2D eigenvalue weighted by molar-refractivity contribution is 5.96. The lowest BCUT2D eigenvalue weighted by Gasteiger charge is -2.26. The molecular weight excluding hydrogens is 252 g/mol. The molecule has 5 heteroatoms. The molecule has 0 saturated carbocycles. The Hall–Kier alpha value is -2.30. The summed E-state index contributed by atoms with van der Waals surface area (Å²) < 4.78 is 0. The van der Waals surface area contributed by atoms with Crippen molar-refractivity contribution >= 4 is 28.2 Å². The van der Waals surface area contributed by atoms with Gasteiger partial charge in [0.05, 0.1) is 5.52 Å². The molecule has 2 heterocycles. The smallest absolute Gasteiger partial charge is 0.242 e. The summed E-state index contributed by atoms with van der Waals surface area (Å²) in [5.41, 5.74) is 8.43. The fraction of sp³-hybridized carbons (Fsp3) is 0.333. The van der Waals surface area contributed by atoms with Crippen molar-refractivity contribution in [2.75, 3.05) is 24.2 Å². The van der Waals surface area contributed by atoms with Crippen molar-refractivity contribution in [1.29, 1.82) is 0 Å². The van der Waals surface area contributed by atoms with Crippen molar-refractivity contribution in [3.63, 3.8) is 0 Å². The highest BCUT2D eigenvalue weighted by atomic mass is 16.2. The standard InChI is InChI=1S/C15H18N4O/c1-17-15(20)14-3-2-8-19(14)13-6-7-18-12-9-10(16)4-5-11(12)13/h4-7,9,14H,2-3,8,16H2,1H3,(H,17,20). The SMILES string of the molecule is CNC(=O)C1CCCN1c1ccnc2cc(N)ccc12. The van der Waals surface area contributed by atoms with Crippen LogP contribution in [0.1, 0.15) is 12.8 Å². The lowest BCUT2D eigenvalue weighted by atomic mass is 10.1. The Balaban J connectivity index is 2.07. The number of likely N-dealkylation sites (N-methyl/N-ethyl adjacent to an activating group) is 1. The predicted molar refractivity (Wildman–Crippen MR) is 80.6 cm³/mol. The van der Waals surface area contributed by atoms with E-state index in [0.717, 1.165) is 36.0 Å². The average molecular weight is 270 g/mol. The van der Waals surface area contributed by atoms with E-state index in [1.807, 2.05) is 24.3 Å². The van der Waals surface area contributed by atoms with Crippen LogP contribution in [0, 0.1) is 0 Å². The molecule has 0 spiro atoms. The van der Waals surface area contributed by atoms with E-state index < -0.39 is 0 Å². The van der Waals surface area contributed by atoms with Crippen molar-refractivity contribution in [3.8, 4) is 0 Å². The number of carbonyl (C=O) groups excluding carboxylic acids is 1. The normalized spacial score (nSPS) is 18.4. The number of rotatable bonds is 2. The van der Waals surface area contributed by atoms with Crippen LogP contribution >= 0.6 is 0 Å². The molecule has 20 heavy (non-hydrogen) atoms. The second kappa shape index (κ2) is 5.00. The largest absolute Gasteiger partial charge is 0.399 e. The Labute approximate surface area is 117 Å². The zero-order valence-corrected chi connectivity index (χ0v) is 11.5. The van der Waals surface area contributed by atoms with Crippen LogP contribution in [0.25, 0.3) is 10.9 Å². The van der Waals surface area contributed by atoms with Crippen molar-refractivity contribution < 1.29 is 4.79 Å². The highest BCUT2D eigenvalue weighted by Crippen LogP contribution is 2.32. The van der Waals surface area contributed by atoms with Crippen LogP contribution in [0.3, 0.4) is 0 Å². The summed E-state index contributed by atoms with van der Waals surface area (Å²) in [4.78, 5) is 18.5. The van der Waals surface area contributed by atoms with Gasteiger partial charge in [0.25, 0.3) is 0 Å². The number of hydrogen-bond acceptors (Lipinski definition) is 4. The lowest BCUT2D eigenvalue weighted by molar-refractivity contribution is -0.121. The van der Waals surface area contributed by atoms with Gasteiger partial charge in [-0.2, -0.15) is 0 Å². The molecule has 2 aromatic rings. The van der Waals surface area contributed by atoms with Crippen LogP contribution in [-0.4, -0.2) is 30.5 Å². The molecule has 1 unspecified atom stereocenters. The second-order valence-corrected chi connectivity index (χ2v) is 5.07. The van der Waals surface area contributed by atoms with Crippen molar-refractivity contribution in [2.24, 2.45) is 0 Å². The number of nitrogens with two attached hydrogens (primary N) is 1. The van der Waals surface area contributed by atoms with E-state index in [-0.39, 0.29) is 11.9 Å². The third-order valence-electron chi connectivity index (χ3n) is 3.86. The van der Waals surface area contributed by atoms with E-state index >= 15 is 0 Å². The average Bonchev–Trinajstić information content (AvgIpc) is 2.94. The monoisotopic (exact) mass is 270 g/mol. The van der Waals surface area contributed by atoms with E-state index in [0.29, 0.717) is 5.69 Å². The van der Waals surface area contributed by atoms with Gasteiger partial charge in [-0.25, -0.2) is 0 Å². The molecule has 1 saturated heterocycles. The number of amides is 1. The van der Waals surface area contributed by atoms with Gasteiger partial charge in [0.15, 0.2) is 0 Å². The molecule has 5 nitrogen and oxygen atoms in total. The number of carbonyl (C=O) groups is 1. The third-order valence-corrected chi connectivity index (χ3v) is 3.86. The van der Waals surface area contributed by atoms with Gasteiger partial charge < -0.3 is 16.0 Å². The van der Waals surface area contributed by atoms with Crippen LogP contribution in [0.5, 0.6) is 0 Å². The van der Waals surface area contributed by atoms with Gasteiger partial charge in [-0.1, -0.05) is 0 Å². The predicted octanol–water partition coefficient (Wildman–Crippen LogP) is 1.53. The Kier molecular flexibility index (Phi) is 3.18. The maximum absolute atomic E-state index is 12.0. The van der Waals surface area contributed by atoms with Crippen molar-refractivity contribution in [3.05, 3.63) is 30.5 Å². The third kappa shape index (κ3) is 2.05. The summed E-state index contributed by atoms with van der Waals surface area (Å²) in [6.45, 7) is 0.890. The fourth-order valence-corrected chi connectivity index (χ4v) is 2.89. The number of hydrogen-bond donors (Lipinski definition) is 2. The van der Waals surface area contributed by atoms with E-state index in [4.69, 9.17) is 5.73 Å². The number of benzene rings is 1. The minimum absolute atomic E-state index is 0.0721. The minimum Gasteiger partial charge on any atom is -0.399 e. The molecule has 0 radical (unpaired) electrons. The van der Waals surface area contributed by atoms with Crippen LogP contribution in [0.4, 0.5) is 11.4 Å². The molecule has 1 aliphatic heterocycles. The molecule has 3 N–H and O–H groups in total. The van der Waals surface area contributed by atoms with E-state index in [2.05, 4.69) is 15.2 Å². The van der Waals surface area contributed by atoms with Gasteiger partial charge in [-0.3, -0.25) is 9.78 Å². The lowest BCUT2D eigenvalue weighted by Crippen LogP contribution is -2.42. The highest BCUT2D eigenvalue weighted by Gasteiger charge is 2.31. The maximum atomic E-state index is 12.0. The summed E-state index contributed by atoms with van der Waals surface area (Å²) in [5, 5.41) is 3.79. The first-order valence-corrected chi connectivity index (χ1v) is 6.83. The van der Waals surface area contributed by atoms with Crippen molar-refractivity contribution in [1.82, 2.24) is 10.3 Å². The number of nitrogens with one attached hydrogen (secondary N) is 1. The molecule has 1 aliphatic rings. The number of aromatic nitrogens is 1. The maximum Gasteiger partial charge on any atom is 0.242 e. The molecule has 0 aliphatic carbocycles. The molecule has 1 atom stereocenters. The first-order chi connectivity index (χ1) is 9.70. The molecule has 1 aromatic carbocycles. The summed E-state index contributed by atoms with van der Waals surface area (Å²) in [7, 11) is 1.68. The molecule has 0 bridgehead atoms. The van der Waals surface area contributed by atoms with Crippen LogP contribution < -0.4 is 16.0 Å². The minimum atomic E-state index is -0.0943. The van der Waals surface area contributed by atoms with E-state index in [1.54, 1.807) is 13.2 Å². The zero-order valence-electron chi connectivity index (χ0n) is 11.5. The van der Waals surface area contributed by atoms with Crippen LogP contribution in [-0.2, 0) is 4.79 Å². The Morgan fingerprint density at radius 1 is 1.45 bits per heavy atom. The zero-order chi connectivity index (χ0) is 14.1. The van der Waals surface area contributed by atoms with Crippen LogP contribution in [0.15, 0.2) is 30.5 Å².